The van der Waals surface area contributed by atoms with Crippen LogP contribution in [0.5, 0.6) is 0 Å². The van der Waals surface area contributed by atoms with Crippen LogP contribution in [0.4, 0.5) is 4.79 Å². The van der Waals surface area contributed by atoms with Crippen molar-refractivity contribution in [2.24, 2.45) is 5.73 Å². The van der Waals surface area contributed by atoms with Gasteiger partial charge in [-0.05, 0) is 33.7 Å². The molecule has 0 heterocycles. The number of nitrogens with zero attached hydrogens (tertiary/aromatic N) is 1. The summed E-state index contributed by atoms with van der Waals surface area (Å²) >= 11 is 0. The first-order valence-corrected chi connectivity index (χ1v) is 4.28. The smallest absolute Gasteiger partial charge is 0.410 e. The lowest BCUT2D eigenvalue weighted by Gasteiger charge is -2.24. The van der Waals surface area contributed by atoms with E-state index in [0.29, 0.717) is 13.0 Å². The minimum absolute atomic E-state index is 0.0713. The van der Waals surface area contributed by atoms with E-state index >= 15 is 0 Å². The molecule has 0 saturated carbocycles. The highest BCUT2D eigenvalue weighted by atomic mass is 16.6. The molecule has 13 heavy (non-hydrogen) atoms. The van der Waals surface area contributed by atoms with Gasteiger partial charge in [-0.15, -0.1) is 0 Å². The summed E-state index contributed by atoms with van der Waals surface area (Å²) in [6.45, 7) is 2.97. The van der Waals surface area contributed by atoms with Crippen LogP contribution in [0.2, 0.25) is 0 Å². The summed E-state index contributed by atoms with van der Waals surface area (Å²) in [5.41, 5.74) is 4.58. The summed E-state index contributed by atoms with van der Waals surface area (Å²) in [7, 11) is 0. The highest BCUT2D eigenvalue weighted by Gasteiger charge is 2.18. The Morgan fingerprint density at radius 1 is 1.62 bits per heavy atom. The standard InChI is InChI=1S/C9H20N2O2/c1-9(2,3)13-8(12)11(4)7-5-6-10/h5-7,10H2,1-4H3/i4D3. The Morgan fingerprint density at radius 3 is 2.62 bits per heavy atom. The molecular weight excluding hydrogens is 168 g/mol. The second-order valence-corrected chi connectivity index (χ2v) is 3.77. The fraction of sp³-hybridized carbons (Fsp3) is 0.889. The van der Waals surface area contributed by atoms with Crippen molar-refractivity contribution in [3.63, 3.8) is 0 Å². The molecule has 0 saturated heterocycles. The molecule has 0 aromatic carbocycles. The first-order valence-electron chi connectivity index (χ1n) is 5.78. The van der Waals surface area contributed by atoms with E-state index < -0.39 is 18.7 Å². The lowest BCUT2D eigenvalue weighted by atomic mass is 10.2. The largest absolute Gasteiger partial charge is 0.444 e. The molecule has 0 unspecified atom stereocenters. The highest BCUT2D eigenvalue weighted by Crippen LogP contribution is 2.08. The molecule has 4 nitrogen and oxygen atoms in total. The molecule has 0 atom stereocenters. The molecule has 0 aliphatic heterocycles. The average Bonchev–Trinajstić information content (AvgIpc) is 1.98. The fourth-order valence-electron chi connectivity index (χ4n) is 0.658. The molecular formula is C9H20N2O2. The normalized spacial score (nSPS) is 15.5. The van der Waals surface area contributed by atoms with Gasteiger partial charge in [0.2, 0.25) is 0 Å². The average molecular weight is 191 g/mol. The molecule has 0 spiro atoms. The van der Waals surface area contributed by atoms with E-state index in [1.165, 1.54) is 0 Å². The van der Waals surface area contributed by atoms with Crippen LogP contribution in [-0.4, -0.2) is 36.7 Å². The van der Waals surface area contributed by atoms with Gasteiger partial charge >= 0.3 is 6.09 Å². The molecule has 4 heteroatoms. The molecule has 1 amide bonds. The van der Waals surface area contributed by atoms with Crippen LogP contribution in [0.25, 0.3) is 0 Å². The molecule has 0 radical (unpaired) electrons. The molecule has 78 valence electrons. The van der Waals surface area contributed by atoms with Gasteiger partial charge < -0.3 is 15.4 Å². The van der Waals surface area contributed by atoms with Crippen LogP contribution in [0.3, 0.4) is 0 Å². The van der Waals surface area contributed by atoms with Crippen molar-refractivity contribution in [1.82, 2.24) is 4.90 Å². The van der Waals surface area contributed by atoms with E-state index in [2.05, 4.69) is 0 Å². The number of hydrogen-bond acceptors (Lipinski definition) is 3. The maximum Gasteiger partial charge on any atom is 0.410 e. The summed E-state index contributed by atoms with van der Waals surface area (Å²) in [6.07, 6.45) is -0.404. The molecule has 0 aromatic rings. The topological polar surface area (TPSA) is 55.6 Å². The Labute approximate surface area is 84.2 Å². The van der Waals surface area contributed by atoms with Gasteiger partial charge in [-0.25, -0.2) is 4.79 Å². The van der Waals surface area contributed by atoms with Gasteiger partial charge in [0.15, 0.2) is 0 Å². The van der Waals surface area contributed by atoms with Crippen molar-refractivity contribution in [3.05, 3.63) is 0 Å². The summed E-state index contributed by atoms with van der Waals surface area (Å²) in [5.74, 6) is 0. The number of carbonyl (C=O) groups excluding carboxylic acids is 1. The number of amides is 1. The lowest BCUT2D eigenvalue weighted by Crippen LogP contribution is -2.35. The molecule has 0 bridgehead atoms. The third-order valence-electron chi connectivity index (χ3n) is 1.20. The van der Waals surface area contributed by atoms with Crippen LogP contribution in [0.15, 0.2) is 0 Å². The Balaban J connectivity index is 4.58. The zero-order valence-electron chi connectivity index (χ0n) is 11.5. The minimum Gasteiger partial charge on any atom is -0.444 e. The molecule has 0 rings (SSSR count). The van der Waals surface area contributed by atoms with E-state index in [1.807, 2.05) is 0 Å². The van der Waals surface area contributed by atoms with E-state index in [4.69, 9.17) is 14.6 Å². The van der Waals surface area contributed by atoms with Crippen molar-refractivity contribution in [2.45, 2.75) is 32.8 Å². The van der Waals surface area contributed by atoms with Crippen LogP contribution in [-0.2, 0) is 4.74 Å². The molecule has 0 aliphatic rings. The van der Waals surface area contributed by atoms with E-state index in [0.717, 1.165) is 4.90 Å². The van der Waals surface area contributed by atoms with Gasteiger partial charge in [0.05, 0.1) is 0 Å². The highest BCUT2D eigenvalue weighted by molar-refractivity contribution is 5.67. The van der Waals surface area contributed by atoms with Gasteiger partial charge in [-0.3, -0.25) is 0 Å². The maximum absolute atomic E-state index is 11.6. The predicted molar refractivity (Wildman–Crippen MR) is 52.5 cm³/mol. The number of nitrogens with two attached hydrogens (primary N) is 1. The number of ether oxygens (including phenoxy) is 1. The van der Waals surface area contributed by atoms with Gasteiger partial charge in [0.25, 0.3) is 0 Å². The summed E-state index contributed by atoms with van der Waals surface area (Å²) in [6, 6.07) is 0. The van der Waals surface area contributed by atoms with Gasteiger partial charge in [-0.1, -0.05) is 0 Å². The zero-order chi connectivity index (χ0) is 13.0. The first-order chi connectivity index (χ1) is 7.08. The third-order valence-corrected chi connectivity index (χ3v) is 1.20. The first kappa shape index (κ1) is 7.62. The Hall–Kier alpha value is -0.770. The molecule has 0 aromatic heterocycles. The monoisotopic (exact) mass is 191 g/mol. The van der Waals surface area contributed by atoms with Crippen molar-refractivity contribution in [1.29, 1.82) is 0 Å². The van der Waals surface area contributed by atoms with Crippen molar-refractivity contribution in [3.8, 4) is 0 Å². The third kappa shape index (κ3) is 6.40. The zero-order valence-corrected chi connectivity index (χ0v) is 8.46. The van der Waals surface area contributed by atoms with Crippen LogP contribution in [0.1, 0.15) is 31.3 Å². The maximum atomic E-state index is 11.6. The Bertz CT molecular complexity index is 236. The second-order valence-electron chi connectivity index (χ2n) is 3.77. The van der Waals surface area contributed by atoms with Gasteiger partial charge in [0.1, 0.15) is 5.60 Å². The van der Waals surface area contributed by atoms with E-state index in [1.54, 1.807) is 20.8 Å². The molecule has 2 N–H and O–H groups in total. The minimum atomic E-state index is -2.49. The summed E-state index contributed by atoms with van der Waals surface area (Å²) < 4.78 is 26.7. The van der Waals surface area contributed by atoms with E-state index in [9.17, 15) is 4.79 Å². The Kier molecular flexibility index (Phi) is 2.97. The van der Waals surface area contributed by atoms with Crippen LogP contribution >= 0.6 is 0 Å². The quantitative estimate of drug-likeness (QED) is 0.729. The van der Waals surface area contributed by atoms with E-state index in [-0.39, 0.29) is 6.54 Å². The predicted octanol–water partition coefficient (Wildman–Crippen LogP) is 1.20. The summed E-state index contributed by atoms with van der Waals surface area (Å²) in [5, 5.41) is 0. The van der Waals surface area contributed by atoms with Crippen molar-refractivity contribution < 1.29 is 13.6 Å². The fourth-order valence-corrected chi connectivity index (χ4v) is 0.658. The van der Waals surface area contributed by atoms with Crippen LogP contribution < -0.4 is 5.73 Å². The second kappa shape index (κ2) is 5.07. The number of hydrogen-bond donors (Lipinski definition) is 1. The Morgan fingerprint density at radius 2 is 2.23 bits per heavy atom. The lowest BCUT2D eigenvalue weighted by molar-refractivity contribution is 0.0298. The number of rotatable bonds is 3. The van der Waals surface area contributed by atoms with Gasteiger partial charge in [0, 0.05) is 17.6 Å². The molecule has 0 aliphatic carbocycles. The van der Waals surface area contributed by atoms with Crippen LogP contribution in [0, 0.1) is 0 Å². The van der Waals surface area contributed by atoms with Crippen molar-refractivity contribution in [2.75, 3.05) is 20.1 Å². The molecule has 0 fully saturated rings. The summed E-state index contributed by atoms with van der Waals surface area (Å²) in [4.78, 5) is 12.3. The van der Waals surface area contributed by atoms with Gasteiger partial charge in [-0.2, -0.15) is 0 Å². The SMILES string of the molecule is [2H]C([2H])([2H])N(CCCN)C(=O)OC(C)(C)C. The van der Waals surface area contributed by atoms with Crippen molar-refractivity contribution >= 4 is 6.09 Å². The number of carbonyl (C=O) groups is 1.